The third-order valence-electron chi connectivity index (χ3n) is 6.27. The normalized spacial score (nSPS) is 14.7. The SMILES string of the molecule is Cc1c(-c2cncc(N3CCN(C(=O)OC(C)(C)C)CC3)c2)c2[nH]c3ccc(Cl)cc3c2[nH]c1=O. The Morgan fingerprint density at radius 3 is 2.51 bits per heavy atom. The second kappa shape index (κ2) is 8.61. The van der Waals surface area contributed by atoms with Crippen LogP contribution < -0.4 is 10.5 Å². The molecule has 0 bridgehead atoms. The van der Waals surface area contributed by atoms with Gasteiger partial charge in [-0.25, -0.2) is 4.79 Å². The van der Waals surface area contributed by atoms with Crippen LogP contribution >= 0.6 is 11.6 Å². The fourth-order valence-electron chi connectivity index (χ4n) is 4.56. The minimum absolute atomic E-state index is 0.148. The number of carbonyl (C=O) groups is 1. The molecule has 0 atom stereocenters. The highest BCUT2D eigenvalue weighted by Gasteiger charge is 2.26. The molecule has 1 aliphatic rings. The molecule has 9 heteroatoms. The Bertz CT molecular complexity index is 1490. The van der Waals surface area contributed by atoms with E-state index in [0.29, 0.717) is 36.8 Å². The number of piperazine rings is 1. The summed E-state index contributed by atoms with van der Waals surface area (Å²) in [5, 5.41) is 1.48. The lowest BCUT2D eigenvalue weighted by Crippen LogP contribution is -2.50. The average Bonchev–Trinajstić information content (AvgIpc) is 3.16. The first-order valence-corrected chi connectivity index (χ1v) is 12.0. The molecule has 0 saturated carbocycles. The van der Waals surface area contributed by atoms with Gasteiger partial charge in [0.1, 0.15) is 5.60 Å². The van der Waals surface area contributed by atoms with Crippen LogP contribution in [0.5, 0.6) is 0 Å². The molecule has 4 aromatic rings. The van der Waals surface area contributed by atoms with E-state index >= 15 is 0 Å². The summed E-state index contributed by atoms with van der Waals surface area (Å²) in [6.45, 7) is 9.89. The zero-order valence-corrected chi connectivity index (χ0v) is 21.0. The Morgan fingerprint density at radius 1 is 1.06 bits per heavy atom. The number of hydrogen-bond acceptors (Lipinski definition) is 5. The second-order valence-electron chi connectivity index (χ2n) is 9.91. The van der Waals surface area contributed by atoms with Gasteiger partial charge in [-0.2, -0.15) is 0 Å². The number of aromatic amines is 2. The minimum atomic E-state index is -0.517. The predicted octanol–water partition coefficient (Wildman–Crippen LogP) is 5.09. The van der Waals surface area contributed by atoms with Crippen molar-refractivity contribution in [1.29, 1.82) is 0 Å². The Morgan fingerprint density at radius 2 is 1.80 bits per heavy atom. The number of rotatable bonds is 2. The second-order valence-corrected chi connectivity index (χ2v) is 10.3. The van der Waals surface area contributed by atoms with Crippen LogP contribution in [-0.2, 0) is 4.74 Å². The van der Waals surface area contributed by atoms with E-state index in [0.717, 1.165) is 38.8 Å². The molecule has 8 nitrogen and oxygen atoms in total. The van der Waals surface area contributed by atoms with Crippen molar-refractivity contribution in [3.8, 4) is 11.1 Å². The van der Waals surface area contributed by atoms with Gasteiger partial charge in [-0.3, -0.25) is 9.78 Å². The summed E-state index contributed by atoms with van der Waals surface area (Å²) in [7, 11) is 0. The number of amides is 1. The number of pyridine rings is 2. The molecule has 35 heavy (non-hydrogen) atoms. The monoisotopic (exact) mass is 493 g/mol. The highest BCUT2D eigenvalue weighted by molar-refractivity contribution is 6.31. The predicted molar refractivity (Wildman–Crippen MR) is 139 cm³/mol. The van der Waals surface area contributed by atoms with Crippen molar-refractivity contribution in [2.24, 2.45) is 0 Å². The van der Waals surface area contributed by atoms with E-state index in [4.69, 9.17) is 16.3 Å². The minimum Gasteiger partial charge on any atom is -0.444 e. The van der Waals surface area contributed by atoms with Crippen LogP contribution in [0.25, 0.3) is 33.1 Å². The maximum atomic E-state index is 12.9. The van der Waals surface area contributed by atoms with Crippen molar-refractivity contribution >= 4 is 45.3 Å². The maximum Gasteiger partial charge on any atom is 0.410 e. The average molecular weight is 494 g/mol. The first-order valence-electron chi connectivity index (χ1n) is 11.6. The van der Waals surface area contributed by atoms with Gasteiger partial charge in [-0.1, -0.05) is 11.6 Å². The van der Waals surface area contributed by atoms with Crippen LogP contribution in [0, 0.1) is 6.92 Å². The van der Waals surface area contributed by atoms with Crippen molar-refractivity contribution in [3.05, 3.63) is 57.6 Å². The van der Waals surface area contributed by atoms with Gasteiger partial charge >= 0.3 is 6.09 Å². The zero-order valence-electron chi connectivity index (χ0n) is 20.2. The third kappa shape index (κ3) is 4.46. The Hall–Kier alpha value is -3.52. The molecular weight excluding hydrogens is 466 g/mol. The molecular formula is C26H28ClN5O3. The van der Waals surface area contributed by atoms with Crippen LogP contribution in [0.3, 0.4) is 0 Å². The molecule has 3 aromatic heterocycles. The first-order chi connectivity index (χ1) is 16.6. The lowest BCUT2D eigenvalue weighted by molar-refractivity contribution is 0.0240. The summed E-state index contributed by atoms with van der Waals surface area (Å²) in [5.41, 5.74) is 5.02. The van der Waals surface area contributed by atoms with E-state index in [2.05, 4.69) is 25.9 Å². The number of aromatic nitrogens is 3. The van der Waals surface area contributed by atoms with Gasteiger partial charge in [0.05, 0.1) is 22.9 Å². The number of ether oxygens (including phenoxy) is 1. The molecule has 1 aromatic carbocycles. The van der Waals surface area contributed by atoms with E-state index in [-0.39, 0.29) is 11.7 Å². The number of fused-ring (bicyclic) bond motifs is 3. The summed E-state index contributed by atoms with van der Waals surface area (Å²) in [5.74, 6) is 0. The van der Waals surface area contributed by atoms with Crippen molar-refractivity contribution in [3.63, 3.8) is 0 Å². The topological polar surface area (TPSA) is 94.3 Å². The zero-order chi connectivity index (χ0) is 24.9. The highest BCUT2D eigenvalue weighted by Crippen LogP contribution is 2.35. The summed E-state index contributed by atoms with van der Waals surface area (Å²) >= 11 is 6.22. The first kappa shape index (κ1) is 23.2. The molecule has 2 N–H and O–H groups in total. The van der Waals surface area contributed by atoms with Crippen LogP contribution in [-0.4, -0.2) is 57.7 Å². The molecule has 0 unspecified atom stereocenters. The fourth-order valence-corrected chi connectivity index (χ4v) is 4.73. The van der Waals surface area contributed by atoms with Crippen molar-refractivity contribution in [1.82, 2.24) is 19.9 Å². The van der Waals surface area contributed by atoms with Crippen LogP contribution in [0.15, 0.2) is 41.5 Å². The largest absolute Gasteiger partial charge is 0.444 e. The Balaban J connectivity index is 1.48. The van der Waals surface area contributed by atoms with Crippen LogP contribution in [0.4, 0.5) is 10.5 Å². The molecule has 182 valence electrons. The number of hydrogen-bond donors (Lipinski definition) is 2. The number of H-pyrrole nitrogens is 2. The summed E-state index contributed by atoms with van der Waals surface area (Å²) in [4.78, 5) is 40.1. The molecule has 0 aliphatic carbocycles. The number of anilines is 1. The third-order valence-corrected chi connectivity index (χ3v) is 6.51. The van der Waals surface area contributed by atoms with Gasteiger partial charge in [0.25, 0.3) is 5.56 Å². The highest BCUT2D eigenvalue weighted by atomic mass is 35.5. The lowest BCUT2D eigenvalue weighted by atomic mass is 10.0. The molecule has 1 amide bonds. The molecule has 1 aliphatic heterocycles. The quantitative estimate of drug-likeness (QED) is 0.405. The van der Waals surface area contributed by atoms with E-state index in [1.807, 2.05) is 52.1 Å². The van der Waals surface area contributed by atoms with Gasteiger partial charge in [-0.15, -0.1) is 0 Å². The van der Waals surface area contributed by atoms with Gasteiger partial charge < -0.3 is 24.5 Å². The molecule has 5 rings (SSSR count). The summed E-state index contributed by atoms with van der Waals surface area (Å²) in [6.07, 6.45) is 3.31. The summed E-state index contributed by atoms with van der Waals surface area (Å²) < 4.78 is 5.50. The molecule has 1 saturated heterocycles. The number of halogens is 1. The maximum absolute atomic E-state index is 12.9. The van der Waals surface area contributed by atoms with Gasteiger partial charge in [-0.05, 0) is 52.0 Å². The Kier molecular flexibility index (Phi) is 5.71. The van der Waals surface area contributed by atoms with E-state index in [1.165, 1.54) is 0 Å². The van der Waals surface area contributed by atoms with E-state index in [9.17, 15) is 9.59 Å². The number of benzene rings is 1. The molecule has 1 fully saturated rings. The van der Waals surface area contributed by atoms with E-state index in [1.54, 1.807) is 11.1 Å². The number of nitrogens with zero attached hydrogens (tertiary/aromatic N) is 3. The Labute approximate surface area is 207 Å². The van der Waals surface area contributed by atoms with Crippen LogP contribution in [0.1, 0.15) is 26.3 Å². The van der Waals surface area contributed by atoms with Gasteiger partial charge in [0.2, 0.25) is 0 Å². The summed E-state index contributed by atoms with van der Waals surface area (Å²) in [6, 6.07) is 7.64. The molecule has 0 radical (unpaired) electrons. The van der Waals surface area contributed by atoms with Crippen molar-refractivity contribution in [2.45, 2.75) is 33.3 Å². The van der Waals surface area contributed by atoms with Gasteiger partial charge in [0, 0.05) is 65.0 Å². The standard InChI is InChI=1S/C26H28ClN5O3/c1-15-21(23-22(30-24(15)33)19-12-17(27)5-6-20(19)29-23)16-11-18(14-28-13-16)31-7-9-32(10-8-31)25(34)35-26(2,3)4/h5-6,11-14,29H,7-10H2,1-4H3,(H,30,33). The molecule has 0 spiro atoms. The number of carbonyl (C=O) groups excluding carboxylic acids is 1. The van der Waals surface area contributed by atoms with Gasteiger partial charge in [0.15, 0.2) is 0 Å². The smallest absolute Gasteiger partial charge is 0.410 e. The van der Waals surface area contributed by atoms with Crippen molar-refractivity contribution < 1.29 is 9.53 Å². The van der Waals surface area contributed by atoms with E-state index < -0.39 is 5.60 Å². The molecule has 4 heterocycles. The number of nitrogens with one attached hydrogen (secondary N) is 2. The lowest BCUT2D eigenvalue weighted by Gasteiger charge is -2.36. The van der Waals surface area contributed by atoms with Crippen LogP contribution in [0.2, 0.25) is 5.02 Å². The van der Waals surface area contributed by atoms with Crippen molar-refractivity contribution in [2.75, 3.05) is 31.1 Å². The fraction of sp³-hybridized carbons (Fsp3) is 0.346.